The molecule has 1 heterocycles. The summed E-state index contributed by atoms with van der Waals surface area (Å²) in [6.07, 6.45) is 5.23. The van der Waals surface area contributed by atoms with E-state index in [2.05, 4.69) is 33.0 Å². The van der Waals surface area contributed by atoms with Crippen molar-refractivity contribution in [1.29, 1.82) is 0 Å². The molecule has 148 valence electrons. The molecule has 0 bridgehead atoms. The van der Waals surface area contributed by atoms with Gasteiger partial charge in [-0.1, -0.05) is 65.9 Å². The zero-order chi connectivity index (χ0) is 20.6. The van der Waals surface area contributed by atoms with Crippen LogP contribution in [-0.2, 0) is 6.42 Å². The van der Waals surface area contributed by atoms with E-state index in [0.717, 1.165) is 29.8 Å². The molecule has 30 heavy (non-hydrogen) atoms. The molecule has 4 rings (SSSR count). The van der Waals surface area contributed by atoms with E-state index in [1.165, 1.54) is 5.56 Å². The van der Waals surface area contributed by atoms with Crippen molar-refractivity contribution >= 4 is 12.1 Å². The largest absolute Gasteiger partial charge is 0.271 e. The fraction of sp³-hybridized carbons (Fsp3) is 0.0833. The number of hydrogen-bond donors (Lipinski definition) is 1. The van der Waals surface area contributed by atoms with E-state index in [4.69, 9.17) is 0 Å². The Morgan fingerprint density at radius 3 is 2.37 bits per heavy atom. The summed E-state index contributed by atoms with van der Waals surface area (Å²) in [4.78, 5) is 12.3. The van der Waals surface area contributed by atoms with Crippen LogP contribution in [0.1, 0.15) is 22.3 Å². The highest BCUT2D eigenvalue weighted by molar-refractivity contribution is 5.94. The summed E-state index contributed by atoms with van der Waals surface area (Å²) in [5.74, 6) is -0.249. The highest BCUT2D eigenvalue weighted by Crippen LogP contribution is 2.17. The first-order valence-corrected chi connectivity index (χ1v) is 9.73. The van der Waals surface area contributed by atoms with Gasteiger partial charge < -0.3 is 0 Å². The van der Waals surface area contributed by atoms with Gasteiger partial charge in [-0.05, 0) is 42.7 Å². The maximum atomic E-state index is 12.3. The van der Waals surface area contributed by atoms with Crippen LogP contribution in [0.5, 0.6) is 0 Å². The Hall–Kier alpha value is -4.06. The Morgan fingerprint density at radius 2 is 1.63 bits per heavy atom. The molecule has 1 amide bonds. The lowest BCUT2D eigenvalue weighted by atomic mass is 10.1. The molecule has 4 aromatic rings. The maximum absolute atomic E-state index is 12.3. The number of rotatable bonds is 7. The molecular weight excluding hydrogens is 374 g/mol. The van der Waals surface area contributed by atoms with Gasteiger partial charge in [-0.15, -0.1) is 5.10 Å². The van der Waals surface area contributed by atoms with Gasteiger partial charge in [-0.3, -0.25) is 4.79 Å². The summed E-state index contributed by atoms with van der Waals surface area (Å²) in [5, 5.41) is 12.4. The van der Waals surface area contributed by atoms with E-state index in [0.29, 0.717) is 5.56 Å². The van der Waals surface area contributed by atoms with E-state index in [9.17, 15) is 4.79 Å². The van der Waals surface area contributed by atoms with Crippen molar-refractivity contribution in [3.63, 3.8) is 0 Å². The van der Waals surface area contributed by atoms with E-state index in [1.54, 1.807) is 23.0 Å². The zero-order valence-electron chi connectivity index (χ0n) is 16.3. The molecule has 0 unspecified atom stereocenters. The molecule has 0 aliphatic heterocycles. The fourth-order valence-corrected chi connectivity index (χ4v) is 3.01. The van der Waals surface area contributed by atoms with Gasteiger partial charge in [-0.25, -0.2) is 10.1 Å². The summed E-state index contributed by atoms with van der Waals surface area (Å²) in [6, 6.07) is 27.2. The van der Waals surface area contributed by atoms with Crippen LogP contribution in [0.15, 0.2) is 96.2 Å². The van der Waals surface area contributed by atoms with Crippen LogP contribution < -0.4 is 5.43 Å². The van der Waals surface area contributed by atoms with Crippen LogP contribution in [-0.4, -0.2) is 27.1 Å². The van der Waals surface area contributed by atoms with E-state index < -0.39 is 0 Å². The summed E-state index contributed by atoms with van der Waals surface area (Å²) in [7, 11) is 0. The summed E-state index contributed by atoms with van der Waals surface area (Å²) in [6.45, 7) is 0. The Kier molecular flexibility index (Phi) is 6.05. The number of nitrogens with one attached hydrogen (secondary N) is 1. The first kappa shape index (κ1) is 19.3. The van der Waals surface area contributed by atoms with Crippen LogP contribution in [0.2, 0.25) is 0 Å². The van der Waals surface area contributed by atoms with Crippen molar-refractivity contribution in [3.05, 3.63) is 102 Å². The Balaban J connectivity index is 1.32. The number of aryl methyl sites for hydroxylation is 1. The monoisotopic (exact) mass is 395 g/mol. The number of nitrogens with zero attached hydrogens (tertiary/aromatic N) is 4. The number of hydrogen-bond acceptors (Lipinski definition) is 4. The van der Waals surface area contributed by atoms with E-state index in [-0.39, 0.29) is 5.91 Å². The van der Waals surface area contributed by atoms with Crippen molar-refractivity contribution in [1.82, 2.24) is 20.4 Å². The van der Waals surface area contributed by atoms with Gasteiger partial charge >= 0.3 is 0 Å². The molecule has 0 saturated carbocycles. The minimum absolute atomic E-state index is 0.249. The summed E-state index contributed by atoms with van der Waals surface area (Å²) < 4.78 is 1.69. The number of amides is 1. The normalized spacial score (nSPS) is 10.9. The average molecular weight is 395 g/mol. The van der Waals surface area contributed by atoms with Crippen molar-refractivity contribution in [3.8, 4) is 16.9 Å². The van der Waals surface area contributed by atoms with Crippen molar-refractivity contribution < 1.29 is 4.79 Å². The van der Waals surface area contributed by atoms with Crippen molar-refractivity contribution in [2.75, 3.05) is 0 Å². The SMILES string of the molecule is O=C(N/N=C/CCc1ccccc1)c1ccc(-n2cc(-c3ccccc3)nn2)cc1. The predicted molar refractivity (Wildman–Crippen MR) is 118 cm³/mol. The van der Waals surface area contributed by atoms with Gasteiger partial charge in [0, 0.05) is 17.3 Å². The zero-order valence-corrected chi connectivity index (χ0v) is 16.3. The van der Waals surface area contributed by atoms with E-state index >= 15 is 0 Å². The minimum Gasteiger partial charge on any atom is -0.267 e. The van der Waals surface area contributed by atoms with E-state index in [1.807, 2.05) is 66.9 Å². The highest BCUT2D eigenvalue weighted by Gasteiger charge is 2.07. The van der Waals surface area contributed by atoms with Gasteiger partial charge in [0.15, 0.2) is 0 Å². The van der Waals surface area contributed by atoms with Gasteiger partial charge in [0.05, 0.1) is 11.9 Å². The quantitative estimate of drug-likeness (QED) is 0.375. The van der Waals surface area contributed by atoms with Gasteiger partial charge in [-0.2, -0.15) is 5.10 Å². The topological polar surface area (TPSA) is 72.2 Å². The lowest BCUT2D eigenvalue weighted by molar-refractivity contribution is 0.0955. The molecule has 6 heteroatoms. The minimum atomic E-state index is -0.249. The molecule has 1 aromatic heterocycles. The number of hydrazone groups is 1. The molecule has 0 saturated heterocycles. The lowest BCUT2D eigenvalue weighted by Gasteiger charge is -2.03. The summed E-state index contributed by atoms with van der Waals surface area (Å²) >= 11 is 0. The number of aromatic nitrogens is 3. The van der Waals surface area contributed by atoms with Gasteiger partial charge in [0.2, 0.25) is 0 Å². The Morgan fingerprint density at radius 1 is 0.933 bits per heavy atom. The Bertz CT molecular complexity index is 1120. The van der Waals surface area contributed by atoms with Crippen molar-refractivity contribution in [2.45, 2.75) is 12.8 Å². The van der Waals surface area contributed by atoms with Crippen LogP contribution >= 0.6 is 0 Å². The number of benzene rings is 3. The first-order chi connectivity index (χ1) is 14.8. The second kappa shape index (κ2) is 9.43. The van der Waals surface area contributed by atoms with Crippen LogP contribution in [0.3, 0.4) is 0 Å². The molecule has 0 aliphatic rings. The second-order valence-corrected chi connectivity index (χ2v) is 6.74. The molecule has 0 spiro atoms. The summed E-state index contributed by atoms with van der Waals surface area (Å²) in [5.41, 5.74) is 6.97. The molecule has 0 aliphatic carbocycles. The van der Waals surface area contributed by atoms with Crippen LogP contribution in [0.25, 0.3) is 16.9 Å². The molecule has 0 radical (unpaired) electrons. The highest BCUT2D eigenvalue weighted by atomic mass is 16.2. The molecule has 0 fully saturated rings. The average Bonchev–Trinajstić information content (AvgIpc) is 3.30. The third-order valence-corrected chi connectivity index (χ3v) is 4.62. The first-order valence-electron chi connectivity index (χ1n) is 9.73. The van der Waals surface area contributed by atoms with Crippen molar-refractivity contribution in [2.24, 2.45) is 5.10 Å². The van der Waals surface area contributed by atoms with Gasteiger partial charge in [0.1, 0.15) is 5.69 Å². The number of carbonyl (C=O) groups is 1. The predicted octanol–water partition coefficient (Wildman–Crippen LogP) is 4.28. The second-order valence-electron chi connectivity index (χ2n) is 6.74. The van der Waals surface area contributed by atoms with Crippen LogP contribution in [0, 0.1) is 0 Å². The third-order valence-electron chi connectivity index (χ3n) is 4.62. The standard InChI is InChI=1S/C24H21N5O/c30-24(27-25-17-7-10-19-8-3-1-4-9-19)21-13-15-22(16-14-21)29-18-23(26-28-29)20-11-5-2-6-12-20/h1-6,8-9,11-18H,7,10H2,(H,27,30)/b25-17+. The Labute approximate surface area is 174 Å². The molecule has 1 N–H and O–H groups in total. The van der Waals surface area contributed by atoms with Crippen LogP contribution in [0.4, 0.5) is 0 Å². The smallest absolute Gasteiger partial charge is 0.267 e. The number of carbonyl (C=O) groups excluding carboxylic acids is 1. The third kappa shape index (κ3) is 4.86. The fourth-order valence-electron chi connectivity index (χ4n) is 3.01. The maximum Gasteiger partial charge on any atom is 0.271 e. The lowest BCUT2D eigenvalue weighted by Crippen LogP contribution is -2.17. The molecule has 0 atom stereocenters. The molecular formula is C24H21N5O. The van der Waals surface area contributed by atoms with Gasteiger partial charge in [0.25, 0.3) is 5.91 Å². The molecule has 6 nitrogen and oxygen atoms in total. The molecule has 3 aromatic carbocycles.